The van der Waals surface area contributed by atoms with Gasteiger partial charge in [-0.2, -0.15) is 0 Å². The fourth-order valence-corrected chi connectivity index (χ4v) is 8.80. The summed E-state index contributed by atoms with van der Waals surface area (Å²) in [5.41, 5.74) is 6.58. The van der Waals surface area contributed by atoms with Crippen molar-refractivity contribution >= 4 is 34.6 Å². The zero-order valence-corrected chi connectivity index (χ0v) is 40.7. The van der Waals surface area contributed by atoms with Crippen molar-refractivity contribution in [3.63, 3.8) is 0 Å². The summed E-state index contributed by atoms with van der Waals surface area (Å²) in [4.78, 5) is 26.0. The average Bonchev–Trinajstić information content (AvgIpc) is 3.32. The lowest BCUT2D eigenvalue weighted by atomic mass is 10.1. The van der Waals surface area contributed by atoms with E-state index in [0.29, 0.717) is 0 Å². The van der Waals surface area contributed by atoms with Crippen LogP contribution in [0.3, 0.4) is 0 Å². The molecule has 0 amide bonds. The lowest BCUT2D eigenvalue weighted by molar-refractivity contribution is 0.604. The normalized spacial score (nSPS) is 11.3. The van der Waals surface area contributed by atoms with Crippen molar-refractivity contribution in [1.82, 2.24) is 19.9 Å². The van der Waals surface area contributed by atoms with Crippen LogP contribution in [0.5, 0.6) is 0 Å². The van der Waals surface area contributed by atoms with Crippen LogP contribution in [0.4, 0.5) is 34.6 Å². The van der Waals surface area contributed by atoms with Gasteiger partial charge in [-0.05, 0) is 118 Å². The highest BCUT2D eigenvalue weighted by atomic mass is 15.3. The summed E-state index contributed by atoms with van der Waals surface area (Å²) in [6, 6.07) is 35.0. The molecule has 0 spiro atoms. The Bertz CT molecular complexity index is 1730. The average molecular weight is 865 g/mol. The van der Waals surface area contributed by atoms with Gasteiger partial charge in [0.15, 0.2) is 0 Å². The first-order chi connectivity index (χ1) is 31.6. The van der Waals surface area contributed by atoms with E-state index in [4.69, 9.17) is 19.9 Å². The second kappa shape index (κ2) is 30.5. The summed E-state index contributed by atoms with van der Waals surface area (Å²) in [5, 5.41) is 0. The monoisotopic (exact) mass is 865 g/mol. The van der Waals surface area contributed by atoms with Crippen LogP contribution in [-0.4, -0.2) is 19.9 Å². The summed E-state index contributed by atoms with van der Waals surface area (Å²) in [5.74, 6) is 3.59. The van der Waals surface area contributed by atoms with Crippen LogP contribution in [-0.2, 0) is 25.7 Å². The Morgan fingerprint density at radius 3 is 0.781 bits per heavy atom. The van der Waals surface area contributed by atoms with Crippen LogP contribution in [0.1, 0.15) is 205 Å². The zero-order chi connectivity index (χ0) is 44.9. The third-order valence-electron chi connectivity index (χ3n) is 12.6. The second-order valence-corrected chi connectivity index (χ2v) is 18.2. The van der Waals surface area contributed by atoms with Crippen molar-refractivity contribution in [2.24, 2.45) is 0 Å². The molecule has 0 aliphatic rings. The van der Waals surface area contributed by atoms with E-state index in [1.165, 1.54) is 128 Å². The molecule has 0 fully saturated rings. The minimum absolute atomic E-state index is 0.898. The summed E-state index contributed by atoms with van der Waals surface area (Å²) in [6.45, 7) is 9.14. The molecule has 4 heterocycles. The fourth-order valence-electron chi connectivity index (χ4n) is 8.80. The molecular formula is C58H84N6. The number of benzene rings is 1. The first-order valence-electron chi connectivity index (χ1n) is 26.2. The van der Waals surface area contributed by atoms with Crippen molar-refractivity contribution in [1.29, 1.82) is 0 Å². The van der Waals surface area contributed by atoms with Gasteiger partial charge < -0.3 is 0 Å². The molecule has 0 N–H and O–H groups in total. The van der Waals surface area contributed by atoms with E-state index >= 15 is 0 Å². The Balaban J connectivity index is 1.50. The van der Waals surface area contributed by atoms with E-state index in [1.54, 1.807) is 0 Å². The second-order valence-electron chi connectivity index (χ2n) is 18.2. The Hall–Kier alpha value is -4.58. The number of unbranched alkanes of at least 4 members (excludes halogenated alkanes) is 20. The molecule has 64 heavy (non-hydrogen) atoms. The first-order valence-corrected chi connectivity index (χ1v) is 26.2. The smallest absolute Gasteiger partial charge is 0.139 e. The maximum Gasteiger partial charge on any atom is 0.139 e. The van der Waals surface area contributed by atoms with Crippen LogP contribution in [0.2, 0.25) is 0 Å². The number of aromatic nitrogens is 4. The zero-order valence-electron chi connectivity index (χ0n) is 40.7. The van der Waals surface area contributed by atoms with Crippen molar-refractivity contribution in [2.75, 3.05) is 9.80 Å². The Morgan fingerprint density at radius 1 is 0.281 bits per heavy atom. The van der Waals surface area contributed by atoms with E-state index in [1.807, 2.05) is 0 Å². The largest absolute Gasteiger partial charge is 0.279 e. The van der Waals surface area contributed by atoms with Gasteiger partial charge in [-0.15, -0.1) is 0 Å². The molecule has 0 saturated carbocycles. The predicted octanol–water partition coefficient (Wildman–Crippen LogP) is 17.8. The lowest BCUT2D eigenvalue weighted by Gasteiger charge is -2.28. The SMILES string of the molecule is CCCCCCCCc1cccc(N(c2cccc(N(c3cccc(CCCCCCCC)n3)c3cccc(CCCCCCCC)n3)c2)c2cccc(CCCCCCCC)n2)n1. The molecule has 0 bridgehead atoms. The molecule has 0 aliphatic carbocycles. The minimum Gasteiger partial charge on any atom is -0.279 e. The molecule has 5 rings (SSSR count). The van der Waals surface area contributed by atoms with Gasteiger partial charge in [0.2, 0.25) is 0 Å². The number of anilines is 6. The van der Waals surface area contributed by atoms with Crippen LogP contribution in [0, 0.1) is 0 Å². The maximum absolute atomic E-state index is 5.36. The van der Waals surface area contributed by atoms with E-state index in [0.717, 1.165) is 109 Å². The Morgan fingerprint density at radius 2 is 0.516 bits per heavy atom. The number of pyridine rings is 4. The highest BCUT2D eigenvalue weighted by Crippen LogP contribution is 2.39. The molecule has 6 nitrogen and oxygen atoms in total. The van der Waals surface area contributed by atoms with Gasteiger partial charge in [-0.1, -0.05) is 186 Å². The van der Waals surface area contributed by atoms with Gasteiger partial charge >= 0.3 is 0 Å². The summed E-state index contributed by atoms with van der Waals surface area (Å²) in [6.07, 6.45) is 34.4. The van der Waals surface area contributed by atoms with Gasteiger partial charge in [0.25, 0.3) is 0 Å². The molecular weight excluding hydrogens is 781 g/mol. The predicted molar refractivity (Wildman–Crippen MR) is 275 cm³/mol. The highest BCUT2D eigenvalue weighted by Gasteiger charge is 2.21. The molecule has 0 unspecified atom stereocenters. The van der Waals surface area contributed by atoms with Gasteiger partial charge in [0, 0.05) is 22.8 Å². The number of hydrogen-bond donors (Lipinski definition) is 0. The molecule has 6 heteroatoms. The number of aryl methyl sites for hydroxylation is 4. The van der Waals surface area contributed by atoms with Crippen LogP contribution >= 0.6 is 0 Å². The Kier molecular flexibility index (Phi) is 24.1. The van der Waals surface area contributed by atoms with Gasteiger partial charge in [0.1, 0.15) is 23.3 Å². The molecule has 0 saturated heterocycles. The maximum atomic E-state index is 5.36. The number of rotatable bonds is 34. The third-order valence-corrected chi connectivity index (χ3v) is 12.6. The molecule has 4 aromatic heterocycles. The van der Waals surface area contributed by atoms with Crippen molar-refractivity contribution < 1.29 is 0 Å². The fraction of sp³-hybridized carbons (Fsp3) is 0.552. The topological polar surface area (TPSA) is 58.0 Å². The molecule has 0 atom stereocenters. The number of nitrogens with zero attached hydrogens (tertiary/aromatic N) is 6. The molecule has 0 radical (unpaired) electrons. The summed E-state index contributed by atoms with van der Waals surface area (Å²) >= 11 is 0. The van der Waals surface area contributed by atoms with Gasteiger partial charge in [-0.25, -0.2) is 19.9 Å². The molecule has 0 aliphatic heterocycles. The standard InChI is InChI=1S/C58H84N6/c1-5-9-13-17-21-25-34-49-38-29-44-55(59-49)63(56-45-30-39-50(60-56)35-26-22-18-14-10-6-2)53-42-33-43-54(48-53)64(57-46-31-40-51(61-57)36-27-23-19-15-11-7-3)58-47-32-41-52(62-58)37-28-24-20-16-12-8-4/h29-33,38-48H,5-28,34-37H2,1-4H3. The first kappa shape index (κ1) is 50.4. The van der Waals surface area contributed by atoms with Gasteiger partial charge in [-0.3, -0.25) is 9.80 Å². The minimum atomic E-state index is 0.898. The molecule has 346 valence electrons. The van der Waals surface area contributed by atoms with E-state index < -0.39 is 0 Å². The summed E-state index contributed by atoms with van der Waals surface area (Å²) < 4.78 is 0. The van der Waals surface area contributed by atoms with E-state index in [9.17, 15) is 0 Å². The Labute approximate surface area is 390 Å². The highest BCUT2D eigenvalue weighted by molar-refractivity contribution is 5.79. The molecule has 5 aromatic rings. The van der Waals surface area contributed by atoms with Crippen LogP contribution in [0.25, 0.3) is 0 Å². The summed E-state index contributed by atoms with van der Waals surface area (Å²) in [7, 11) is 0. The van der Waals surface area contributed by atoms with Gasteiger partial charge in [0.05, 0.1) is 11.4 Å². The van der Waals surface area contributed by atoms with Crippen molar-refractivity contribution in [3.05, 3.63) is 120 Å². The lowest BCUT2D eigenvalue weighted by Crippen LogP contribution is -2.17. The third kappa shape index (κ3) is 17.8. The van der Waals surface area contributed by atoms with Crippen molar-refractivity contribution in [3.8, 4) is 0 Å². The van der Waals surface area contributed by atoms with E-state index in [2.05, 4.69) is 135 Å². The van der Waals surface area contributed by atoms with Crippen LogP contribution in [0.15, 0.2) is 97.1 Å². The molecule has 1 aromatic carbocycles. The van der Waals surface area contributed by atoms with E-state index in [-0.39, 0.29) is 0 Å². The number of hydrogen-bond acceptors (Lipinski definition) is 6. The quantitative estimate of drug-likeness (QED) is 0.0384. The van der Waals surface area contributed by atoms with Crippen molar-refractivity contribution in [2.45, 2.75) is 207 Å². The van der Waals surface area contributed by atoms with Crippen LogP contribution < -0.4 is 9.80 Å².